The lowest BCUT2D eigenvalue weighted by molar-refractivity contribution is -0.137. The summed E-state index contributed by atoms with van der Waals surface area (Å²) in [6, 6.07) is 11.1. The van der Waals surface area contributed by atoms with Crippen LogP contribution in [0.15, 0.2) is 47.1 Å². The Morgan fingerprint density at radius 3 is 2.37 bits per heavy atom. The summed E-state index contributed by atoms with van der Waals surface area (Å²) in [7, 11) is 0. The van der Waals surface area contributed by atoms with Crippen molar-refractivity contribution in [2.45, 2.75) is 19.9 Å². The second-order valence-electron chi connectivity index (χ2n) is 6.53. The Morgan fingerprint density at radius 1 is 1.00 bits per heavy atom. The van der Waals surface area contributed by atoms with Crippen LogP contribution < -0.4 is 5.32 Å². The Balaban J connectivity index is 1.43. The molecule has 0 atom stereocenters. The molecule has 0 spiro atoms. The Bertz CT molecular complexity index is 808. The summed E-state index contributed by atoms with van der Waals surface area (Å²) in [5.41, 5.74) is 2.13. The average Bonchev–Trinajstić information content (AvgIpc) is 3.21. The molecule has 3 rings (SSSR count). The van der Waals surface area contributed by atoms with Crippen LogP contribution in [0.1, 0.15) is 28.1 Å². The van der Waals surface area contributed by atoms with Gasteiger partial charge in [0.15, 0.2) is 5.76 Å². The van der Waals surface area contributed by atoms with E-state index in [1.54, 1.807) is 21.9 Å². The predicted octanol–water partition coefficient (Wildman–Crippen LogP) is 1.58. The summed E-state index contributed by atoms with van der Waals surface area (Å²) in [5, 5.41) is 2.79. The van der Waals surface area contributed by atoms with Gasteiger partial charge in [0, 0.05) is 32.7 Å². The monoisotopic (exact) mass is 369 g/mol. The van der Waals surface area contributed by atoms with Crippen molar-refractivity contribution in [2.24, 2.45) is 0 Å². The van der Waals surface area contributed by atoms with E-state index in [0.29, 0.717) is 38.5 Å². The largest absolute Gasteiger partial charge is 0.459 e. The van der Waals surface area contributed by atoms with Crippen LogP contribution in [-0.2, 0) is 16.1 Å². The molecule has 142 valence electrons. The topological polar surface area (TPSA) is 82.9 Å². The van der Waals surface area contributed by atoms with Gasteiger partial charge in [0.1, 0.15) is 6.42 Å². The third-order valence-corrected chi connectivity index (χ3v) is 4.70. The van der Waals surface area contributed by atoms with E-state index in [1.165, 1.54) is 6.26 Å². The molecule has 0 aliphatic carbocycles. The third-order valence-electron chi connectivity index (χ3n) is 4.70. The van der Waals surface area contributed by atoms with E-state index in [9.17, 15) is 14.4 Å². The van der Waals surface area contributed by atoms with Crippen molar-refractivity contribution in [3.63, 3.8) is 0 Å². The van der Waals surface area contributed by atoms with Crippen LogP contribution in [0.4, 0.5) is 0 Å². The number of nitrogens with one attached hydrogen (secondary N) is 1. The zero-order valence-corrected chi connectivity index (χ0v) is 15.3. The molecule has 1 aromatic heterocycles. The van der Waals surface area contributed by atoms with Crippen molar-refractivity contribution in [1.82, 2.24) is 15.1 Å². The highest BCUT2D eigenvalue weighted by Gasteiger charge is 2.26. The van der Waals surface area contributed by atoms with Gasteiger partial charge < -0.3 is 19.5 Å². The molecule has 1 aliphatic heterocycles. The maximum Gasteiger partial charge on any atom is 0.289 e. The van der Waals surface area contributed by atoms with Crippen LogP contribution in [0, 0.1) is 6.92 Å². The van der Waals surface area contributed by atoms with Crippen LogP contribution in [-0.4, -0.2) is 53.7 Å². The number of amides is 3. The molecule has 27 heavy (non-hydrogen) atoms. The quantitative estimate of drug-likeness (QED) is 0.811. The lowest BCUT2D eigenvalue weighted by Crippen LogP contribution is -2.51. The lowest BCUT2D eigenvalue weighted by atomic mass is 10.1. The first-order valence-electron chi connectivity index (χ1n) is 8.96. The standard InChI is InChI=1S/C20H23N3O4/c1-15-5-2-3-6-16(15)14-21-18(24)13-19(25)22-8-10-23(11-9-22)20(26)17-7-4-12-27-17/h2-7,12H,8-11,13-14H2,1H3,(H,21,24). The highest BCUT2D eigenvalue weighted by Crippen LogP contribution is 2.10. The molecule has 0 radical (unpaired) electrons. The maximum atomic E-state index is 12.3. The molecule has 0 bridgehead atoms. The molecule has 1 N–H and O–H groups in total. The van der Waals surface area contributed by atoms with E-state index in [2.05, 4.69) is 5.32 Å². The number of hydrogen-bond donors (Lipinski definition) is 1. The second kappa shape index (κ2) is 8.53. The number of nitrogens with zero attached hydrogens (tertiary/aromatic N) is 2. The molecular formula is C20H23N3O4. The Labute approximate surface area is 157 Å². The van der Waals surface area contributed by atoms with Crippen molar-refractivity contribution < 1.29 is 18.8 Å². The molecule has 7 heteroatoms. The van der Waals surface area contributed by atoms with Gasteiger partial charge in [-0.25, -0.2) is 0 Å². The minimum Gasteiger partial charge on any atom is -0.459 e. The van der Waals surface area contributed by atoms with Gasteiger partial charge in [-0.2, -0.15) is 0 Å². The fourth-order valence-corrected chi connectivity index (χ4v) is 3.03. The molecule has 1 fully saturated rings. The lowest BCUT2D eigenvalue weighted by Gasteiger charge is -2.34. The number of benzene rings is 1. The van der Waals surface area contributed by atoms with Gasteiger partial charge in [-0.15, -0.1) is 0 Å². The van der Waals surface area contributed by atoms with Gasteiger partial charge in [-0.1, -0.05) is 24.3 Å². The van der Waals surface area contributed by atoms with Gasteiger partial charge in [0.05, 0.1) is 6.26 Å². The zero-order valence-electron chi connectivity index (χ0n) is 15.3. The van der Waals surface area contributed by atoms with Crippen molar-refractivity contribution in [3.8, 4) is 0 Å². The Hall–Kier alpha value is -3.09. The van der Waals surface area contributed by atoms with Crippen molar-refractivity contribution in [1.29, 1.82) is 0 Å². The van der Waals surface area contributed by atoms with Gasteiger partial charge in [0.2, 0.25) is 11.8 Å². The van der Waals surface area contributed by atoms with Gasteiger partial charge in [0.25, 0.3) is 5.91 Å². The number of carbonyl (C=O) groups excluding carboxylic acids is 3. The third kappa shape index (κ3) is 4.75. The number of furan rings is 1. The van der Waals surface area contributed by atoms with Crippen molar-refractivity contribution >= 4 is 17.7 Å². The average molecular weight is 369 g/mol. The highest BCUT2D eigenvalue weighted by molar-refractivity contribution is 5.97. The van der Waals surface area contributed by atoms with E-state index in [-0.39, 0.29) is 24.1 Å². The summed E-state index contributed by atoms with van der Waals surface area (Å²) in [6.07, 6.45) is 1.28. The SMILES string of the molecule is Cc1ccccc1CNC(=O)CC(=O)N1CCN(C(=O)c2ccco2)CC1. The predicted molar refractivity (Wildman–Crippen MR) is 98.8 cm³/mol. The number of rotatable bonds is 5. The fourth-order valence-electron chi connectivity index (χ4n) is 3.03. The van der Waals surface area contributed by atoms with Crippen LogP contribution in [0.3, 0.4) is 0 Å². The molecule has 1 aliphatic rings. The summed E-state index contributed by atoms with van der Waals surface area (Å²) in [6.45, 7) is 4.07. The van der Waals surface area contributed by atoms with Crippen LogP contribution in [0.2, 0.25) is 0 Å². The normalized spacial score (nSPS) is 14.1. The molecule has 1 saturated heterocycles. The van der Waals surface area contributed by atoms with Crippen LogP contribution in [0.5, 0.6) is 0 Å². The number of carbonyl (C=O) groups is 3. The fraction of sp³-hybridized carbons (Fsp3) is 0.350. The number of piperazine rings is 1. The number of hydrogen-bond acceptors (Lipinski definition) is 4. The Morgan fingerprint density at radius 2 is 1.70 bits per heavy atom. The minimum absolute atomic E-state index is 0.178. The summed E-state index contributed by atoms with van der Waals surface area (Å²) < 4.78 is 5.12. The van der Waals surface area contributed by atoms with E-state index >= 15 is 0 Å². The van der Waals surface area contributed by atoms with E-state index in [4.69, 9.17) is 4.42 Å². The molecule has 3 amide bonds. The zero-order chi connectivity index (χ0) is 19.2. The minimum atomic E-state index is -0.294. The summed E-state index contributed by atoms with van der Waals surface area (Å²) >= 11 is 0. The molecule has 0 unspecified atom stereocenters. The summed E-state index contributed by atoms with van der Waals surface area (Å²) in [5.74, 6) is -0.395. The number of aryl methyl sites for hydroxylation is 1. The van der Waals surface area contributed by atoms with Gasteiger partial charge in [-0.3, -0.25) is 14.4 Å². The van der Waals surface area contributed by atoms with Crippen LogP contribution in [0.25, 0.3) is 0 Å². The Kier molecular flexibility index (Phi) is 5.90. The second-order valence-corrected chi connectivity index (χ2v) is 6.53. The first-order chi connectivity index (χ1) is 13.0. The van der Waals surface area contributed by atoms with Gasteiger partial charge >= 0.3 is 0 Å². The smallest absolute Gasteiger partial charge is 0.289 e. The summed E-state index contributed by atoms with van der Waals surface area (Å²) in [4.78, 5) is 39.9. The highest BCUT2D eigenvalue weighted by atomic mass is 16.3. The van der Waals surface area contributed by atoms with Crippen molar-refractivity contribution in [2.75, 3.05) is 26.2 Å². The molecular weight excluding hydrogens is 346 g/mol. The van der Waals surface area contributed by atoms with E-state index in [0.717, 1.165) is 11.1 Å². The molecule has 2 heterocycles. The maximum absolute atomic E-state index is 12.3. The van der Waals surface area contributed by atoms with Crippen LogP contribution >= 0.6 is 0 Å². The molecule has 1 aromatic carbocycles. The first-order valence-corrected chi connectivity index (χ1v) is 8.96. The molecule has 7 nitrogen and oxygen atoms in total. The molecule has 2 aromatic rings. The molecule has 0 saturated carbocycles. The van der Waals surface area contributed by atoms with E-state index in [1.807, 2.05) is 31.2 Å². The van der Waals surface area contributed by atoms with Crippen molar-refractivity contribution in [3.05, 3.63) is 59.5 Å². The van der Waals surface area contributed by atoms with E-state index < -0.39 is 0 Å². The first kappa shape index (κ1) is 18.7. The van der Waals surface area contributed by atoms with Gasteiger partial charge in [-0.05, 0) is 30.2 Å².